The van der Waals surface area contributed by atoms with Crippen LogP contribution in [-0.2, 0) is 0 Å². The van der Waals surface area contributed by atoms with E-state index >= 15 is 0 Å². The van der Waals surface area contributed by atoms with Gasteiger partial charge < -0.3 is 10.2 Å². The summed E-state index contributed by atoms with van der Waals surface area (Å²) < 4.78 is 0. The van der Waals surface area contributed by atoms with Crippen molar-refractivity contribution in [2.75, 3.05) is 11.9 Å². The second kappa shape index (κ2) is 8.00. The summed E-state index contributed by atoms with van der Waals surface area (Å²) in [4.78, 5) is 32.5. The second-order valence-corrected chi connectivity index (χ2v) is 5.07. The highest BCUT2D eigenvalue weighted by molar-refractivity contribution is 5.91. The number of pyridine rings is 2. The van der Waals surface area contributed by atoms with E-state index in [1.165, 1.54) is 12.3 Å². The van der Waals surface area contributed by atoms with Crippen LogP contribution in [0.4, 0.5) is 16.2 Å². The number of hydrogen-bond acceptors (Lipinski definition) is 5. The molecule has 1 N–H and O–H groups in total. The van der Waals surface area contributed by atoms with Crippen molar-refractivity contribution in [3.63, 3.8) is 0 Å². The van der Waals surface area contributed by atoms with Crippen LogP contribution in [0.5, 0.6) is 0 Å². The molecule has 0 saturated carbocycles. The van der Waals surface area contributed by atoms with Crippen molar-refractivity contribution >= 4 is 17.4 Å². The number of hydrogen-bond donors (Lipinski definition) is 1. The van der Waals surface area contributed by atoms with Crippen molar-refractivity contribution in [3.8, 4) is 0 Å². The van der Waals surface area contributed by atoms with Gasteiger partial charge in [-0.1, -0.05) is 6.92 Å². The zero-order valence-corrected chi connectivity index (χ0v) is 13.5. The standard InChI is InChI=1S/C16H19N5O3/c1-3-14(12-5-8-17-9-6-12)20(4-2)16(22)19-13-7-10-18-11-15(13)21(23)24/h5-11,14H,3-4H2,1-2H3,(H,18,19,22). The molecule has 1 unspecified atom stereocenters. The van der Waals surface area contributed by atoms with Crippen LogP contribution in [0.15, 0.2) is 43.0 Å². The molecule has 0 bridgehead atoms. The maximum atomic E-state index is 12.6. The summed E-state index contributed by atoms with van der Waals surface area (Å²) in [6.07, 6.45) is 6.59. The fraction of sp³-hybridized carbons (Fsp3) is 0.312. The molecule has 0 aliphatic heterocycles. The molecule has 0 aromatic carbocycles. The van der Waals surface area contributed by atoms with Crippen LogP contribution in [0.25, 0.3) is 0 Å². The Bertz CT molecular complexity index is 708. The lowest BCUT2D eigenvalue weighted by Gasteiger charge is -2.30. The first-order chi connectivity index (χ1) is 11.6. The number of amides is 2. The minimum atomic E-state index is -0.570. The quantitative estimate of drug-likeness (QED) is 0.646. The zero-order valence-electron chi connectivity index (χ0n) is 13.5. The van der Waals surface area contributed by atoms with E-state index < -0.39 is 11.0 Å². The highest BCUT2D eigenvalue weighted by Crippen LogP contribution is 2.26. The molecule has 126 valence electrons. The normalized spacial score (nSPS) is 11.6. The van der Waals surface area contributed by atoms with Crippen LogP contribution in [0.1, 0.15) is 31.9 Å². The molecule has 0 spiro atoms. The fourth-order valence-corrected chi connectivity index (χ4v) is 2.55. The van der Waals surface area contributed by atoms with Crippen molar-refractivity contribution < 1.29 is 9.72 Å². The molecule has 8 heteroatoms. The molecule has 2 heterocycles. The molecular formula is C16H19N5O3. The Morgan fingerprint density at radius 2 is 1.92 bits per heavy atom. The summed E-state index contributed by atoms with van der Waals surface area (Å²) in [6, 6.07) is 4.60. The van der Waals surface area contributed by atoms with Crippen LogP contribution in [-0.4, -0.2) is 32.4 Å². The van der Waals surface area contributed by atoms with E-state index in [2.05, 4.69) is 15.3 Å². The Labute approximate surface area is 139 Å². The summed E-state index contributed by atoms with van der Waals surface area (Å²) in [5.74, 6) is 0. The molecule has 0 radical (unpaired) electrons. The number of nitrogens with zero attached hydrogens (tertiary/aromatic N) is 4. The van der Waals surface area contributed by atoms with E-state index in [4.69, 9.17) is 0 Å². The molecule has 1 atom stereocenters. The number of carbonyl (C=O) groups is 1. The van der Waals surface area contributed by atoms with Gasteiger partial charge in [0.1, 0.15) is 11.9 Å². The van der Waals surface area contributed by atoms with E-state index in [1.807, 2.05) is 26.0 Å². The van der Waals surface area contributed by atoms with E-state index in [0.29, 0.717) is 13.0 Å². The zero-order chi connectivity index (χ0) is 17.5. The Morgan fingerprint density at radius 1 is 1.25 bits per heavy atom. The van der Waals surface area contributed by atoms with Crippen LogP contribution in [0.2, 0.25) is 0 Å². The number of nitrogens with one attached hydrogen (secondary N) is 1. The minimum absolute atomic E-state index is 0.128. The molecule has 2 aromatic rings. The SMILES string of the molecule is CCC(c1ccncc1)N(CC)C(=O)Nc1ccncc1[N+](=O)[O-]. The molecule has 0 saturated heterocycles. The largest absolute Gasteiger partial charge is 0.322 e. The van der Waals surface area contributed by atoms with Gasteiger partial charge in [0.15, 0.2) is 0 Å². The van der Waals surface area contributed by atoms with Crippen molar-refractivity contribution in [2.45, 2.75) is 26.3 Å². The second-order valence-electron chi connectivity index (χ2n) is 5.07. The third-order valence-electron chi connectivity index (χ3n) is 3.69. The van der Waals surface area contributed by atoms with Crippen LogP contribution < -0.4 is 5.32 Å². The molecule has 8 nitrogen and oxygen atoms in total. The Morgan fingerprint density at radius 3 is 2.50 bits per heavy atom. The lowest BCUT2D eigenvalue weighted by molar-refractivity contribution is -0.384. The van der Waals surface area contributed by atoms with E-state index in [1.54, 1.807) is 17.3 Å². The van der Waals surface area contributed by atoms with Crippen LogP contribution in [0.3, 0.4) is 0 Å². The molecule has 0 aliphatic rings. The first-order valence-electron chi connectivity index (χ1n) is 7.64. The van der Waals surface area contributed by atoms with Gasteiger partial charge in [0.05, 0.1) is 11.0 Å². The Balaban J connectivity index is 2.24. The summed E-state index contributed by atoms with van der Waals surface area (Å²) in [5.41, 5.74) is 0.857. The molecule has 0 fully saturated rings. The van der Waals surface area contributed by atoms with E-state index in [-0.39, 0.29) is 17.4 Å². The van der Waals surface area contributed by atoms with Gasteiger partial charge in [-0.25, -0.2) is 4.79 Å². The maximum absolute atomic E-state index is 12.6. The van der Waals surface area contributed by atoms with Crippen molar-refractivity contribution in [3.05, 3.63) is 58.7 Å². The highest BCUT2D eigenvalue weighted by atomic mass is 16.6. The first-order valence-corrected chi connectivity index (χ1v) is 7.64. The van der Waals surface area contributed by atoms with Gasteiger partial charge >= 0.3 is 11.7 Å². The molecule has 0 aliphatic carbocycles. The van der Waals surface area contributed by atoms with Gasteiger partial charge in [-0.2, -0.15) is 0 Å². The lowest BCUT2D eigenvalue weighted by Crippen LogP contribution is -2.38. The Hall–Kier alpha value is -3.03. The number of urea groups is 1. The summed E-state index contributed by atoms with van der Waals surface area (Å²) in [5, 5.41) is 13.7. The summed E-state index contributed by atoms with van der Waals surface area (Å²) in [7, 11) is 0. The summed E-state index contributed by atoms with van der Waals surface area (Å²) in [6.45, 7) is 4.31. The number of rotatable bonds is 6. The maximum Gasteiger partial charge on any atom is 0.322 e. The predicted molar refractivity (Wildman–Crippen MR) is 89.6 cm³/mol. The molecule has 2 amide bonds. The lowest BCUT2D eigenvalue weighted by atomic mass is 10.0. The smallest absolute Gasteiger partial charge is 0.318 e. The van der Waals surface area contributed by atoms with Crippen LogP contribution >= 0.6 is 0 Å². The average Bonchev–Trinajstić information content (AvgIpc) is 2.60. The van der Waals surface area contributed by atoms with Crippen LogP contribution in [0, 0.1) is 10.1 Å². The molecular weight excluding hydrogens is 310 g/mol. The highest BCUT2D eigenvalue weighted by Gasteiger charge is 2.24. The number of nitro groups is 1. The van der Waals surface area contributed by atoms with Gasteiger partial charge in [-0.05, 0) is 37.1 Å². The van der Waals surface area contributed by atoms with Gasteiger partial charge in [-0.3, -0.25) is 20.1 Å². The van der Waals surface area contributed by atoms with E-state index in [0.717, 1.165) is 11.8 Å². The van der Waals surface area contributed by atoms with Crippen molar-refractivity contribution in [2.24, 2.45) is 0 Å². The molecule has 2 aromatic heterocycles. The van der Waals surface area contributed by atoms with Crippen molar-refractivity contribution in [1.29, 1.82) is 0 Å². The molecule has 2 rings (SSSR count). The number of anilines is 1. The molecule has 24 heavy (non-hydrogen) atoms. The topological polar surface area (TPSA) is 101 Å². The third-order valence-corrected chi connectivity index (χ3v) is 3.69. The van der Waals surface area contributed by atoms with Gasteiger partial charge in [0.25, 0.3) is 0 Å². The number of aromatic nitrogens is 2. The van der Waals surface area contributed by atoms with Gasteiger partial charge in [0, 0.05) is 25.1 Å². The fourth-order valence-electron chi connectivity index (χ4n) is 2.55. The first kappa shape index (κ1) is 17.3. The van der Waals surface area contributed by atoms with Crippen molar-refractivity contribution in [1.82, 2.24) is 14.9 Å². The predicted octanol–water partition coefficient (Wildman–Crippen LogP) is 3.39. The third kappa shape index (κ3) is 3.83. The average molecular weight is 329 g/mol. The Kier molecular flexibility index (Phi) is 5.78. The number of carbonyl (C=O) groups excluding carboxylic acids is 1. The minimum Gasteiger partial charge on any atom is -0.318 e. The summed E-state index contributed by atoms with van der Waals surface area (Å²) >= 11 is 0. The van der Waals surface area contributed by atoms with E-state index in [9.17, 15) is 14.9 Å². The van der Waals surface area contributed by atoms with Gasteiger partial charge in [-0.15, -0.1) is 0 Å². The monoisotopic (exact) mass is 329 g/mol. The van der Waals surface area contributed by atoms with Gasteiger partial charge in [0.2, 0.25) is 0 Å².